The van der Waals surface area contributed by atoms with Gasteiger partial charge in [-0.05, 0) is 19.3 Å². The fourth-order valence-electron chi connectivity index (χ4n) is 1.43. The Hall–Kier alpha value is -1.06. The van der Waals surface area contributed by atoms with Gasteiger partial charge in [-0.25, -0.2) is 0 Å². The predicted octanol–water partition coefficient (Wildman–Crippen LogP) is 2.33. The third-order valence-electron chi connectivity index (χ3n) is 2.40. The van der Waals surface area contributed by atoms with Gasteiger partial charge in [-0.1, -0.05) is 26.2 Å². The van der Waals surface area contributed by atoms with Gasteiger partial charge in [0.05, 0.1) is 0 Å². The maximum atomic E-state index is 11.3. The molecule has 0 aliphatic heterocycles. The highest BCUT2D eigenvalue weighted by molar-refractivity contribution is 5.75. The molecule has 4 nitrogen and oxygen atoms in total. The van der Waals surface area contributed by atoms with E-state index in [-0.39, 0.29) is 12.3 Å². The van der Waals surface area contributed by atoms with E-state index >= 15 is 0 Å². The molecule has 4 heteroatoms. The molecule has 0 fully saturated rings. The number of nitrogens with one attached hydrogen (secondary N) is 1. The molecule has 0 radical (unpaired) electrons. The second-order valence-corrected chi connectivity index (χ2v) is 4.01. The van der Waals surface area contributed by atoms with E-state index in [2.05, 4.69) is 12.2 Å². The van der Waals surface area contributed by atoms with E-state index in [1.807, 2.05) is 0 Å². The molecule has 2 N–H and O–H groups in total. The zero-order valence-electron chi connectivity index (χ0n) is 10.1. The fraction of sp³-hybridized carbons (Fsp3) is 0.833. The van der Waals surface area contributed by atoms with Crippen molar-refractivity contribution >= 4 is 11.9 Å². The average molecular weight is 229 g/mol. The zero-order valence-corrected chi connectivity index (χ0v) is 10.1. The predicted molar refractivity (Wildman–Crippen MR) is 63.3 cm³/mol. The lowest BCUT2D eigenvalue weighted by molar-refractivity contribution is -0.137. The summed E-state index contributed by atoms with van der Waals surface area (Å²) in [5.41, 5.74) is 0. The van der Waals surface area contributed by atoms with Gasteiger partial charge in [-0.3, -0.25) is 9.59 Å². The minimum atomic E-state index is -0.792. The molecule has 0 aliphatic carbocycles. The number of aliphatic carboxylic acids is 1. The van der Waals surface area contributed by atoms with Gasteiger partial charge in [0.25, 0.3) is 0 Å². The molecule has 0 heterocycles. The number of amides is 1. The molecule has 16 heavy (non-hydrogen) atoms. The van der Waals surface area contributed by atoms with E-state index in [9.17, 15) is 9.59 Å². The van der Waals surface area contributed by atoms with Gasteiger partial charge in [-0.15, -0.1) is 0 Å². The number of rotatable bonds is 10. The summed E-state index contributed by atoms with van der Waals surface area (Å²) < 4.78 is 0. The second-order valence-electron chi connectivity index (χ2n) is 4.01. The molecule has 0 aromatic heterocycles. The largest absolute Gasteiger partial charge is 0.481 e. The van der Waals surface area contributed by atoms with Crippen LogP contribution in [0.25, 0.3) is 0 Å². The molecule has 0 saturated heterocycles. The number of hydrogen-bond acceptors (Lipinski definition) is 2. The van der Waals surface area contributed by atoms with Crippen LogP contribution in [0.5, 0.6) is 0 Å². The average Bonchev–Trinajstić information content (AvgIpc) is 2.24. The molecule has 0 rings (SSSR count). The summed E-state index contributed by atoms with van der Waals surface area (Å²) in [4.78, 5) is 21.5. The van der Waals surface area contributed by atoms with Crippen molar-refractivity contribution in [3.05, 3.63) is 0 Å². The van der Waals surface area contributed by atoms with Gasteiger partial charge < -0.3 is 10.4 Å². The number of carboxylic acids is 1. The van der Waals surface area contributed by atoms with Crippen LogP contribution in [-0.2, 0) is 9.59 Å². The van der Waals surface area contributed by atoms with Crippen molar-refractivity contribution in [2.75, 3.05) is 6.54 Å². The van der Waals surface area contributed by atoms with E-state index in [1.54, 1.807) is 0 Å². The van der Waals surface area contributed by atoms with Crippen LogP contribution in [-0.4, -0.2) is 23.5 Å². The SMILES string of the molecule is CCCCCCNC(=O)CCCCC(=O)O. The Labute approximate surface area is 97.4 Å². The highest BCUT2D eigenvalue weighted by atomic mass is 16.4. The quantitative estimate of drug-likeness (QED) is 0.565. The van der Waals surface area contributed by atoms with E-state index < -0.39 is 5.97 Å². The number of carbonyl (C=O) groups excluding carboxylic acids is 1. The lowest BCUT2D eigenvalue weighted by Crippen LogP contribution is -2.24. The first-order valence-corrected chi connectivity index (χ1v) is 6.15. The Bertz CT molecular complexity index is 204. The molecule has 0 aromatic rings. The zero-order chi connectivity index (χ0) is 12.2. The first-order chi connectivity index (χ1) is 7.66. The Kier molecular flexibility index (Phi) is 9.76. The maximum absolute atomic E-state index is 11.3. The van der Waals surface area contributed by atoms with Crippen molar-refractivity contribution in [2.24, 2.45) is 0 Å². The number of carboxylic acid groups (broad SMARTS) is 1. The lowest BCUT2D eigenvalue weighted by atomic mass is 10.2. The third-order valence-corrected chi connectivity index (χ3v) is 2.40. The van der Waals surface area contributed by atoms with Gasteiger partial charge in [0.2, 0.25) is 5.91 Å². The molecular formula is C12H23NO3. The molecule has 0 unspecified atom stereocenters. The summed E-state index contributed by atoms with van der Waals surface area (Å²) in [7, 11) is 0. The van der Waals surface area contributed by atoms with Gasteiger partial charge in [0, 0.05) is 19.4 Å². The summed E-state index contributed by atoms with van der Waals surface area (Å²) in [5, 5.41) is 11.2. The molecule has 0 bridgehead atoms. The Balaban J connectivity index is 3.21. The van der Waals surface area contributed by atoms with Crippen LogP contribution < -0.4 is 5.32 Å². The third kappa shape index (κ3) is 11.0. The Morgan fingerprint density at radius 1 is 1.00 bits per heavy atom. The second kappa shape index (κ2) is 10.5. The van der Waals surface area contributed by atoms with Crippen molar-refractivity contribution in [3.8, 4) is 0 Å². The summed E-state index contributed by atoms with van der Waals surface area (Å²) in [5.74, 6) is -0.748. The maximum Gasteiger partial charge on any atom is 0.303 e. The van der Waals surface area contributed by atoms with E-state index in [0.717, 1.165) is 19.4 Å². The summed E-state index contributed by atoms with van der Waals surface area (Å²) in [6, 6.07) is 0. The van der Waals surface area contributed by atoms with Crippen LogP contribution in [0.2, 0.25) is 0 Å². The van der Waals surface area contributed by atoms with E-state index in [1.165, 1.54) is 12.8 Å². The minimum absolute atomic E-state index is 0.0434. The topological polar surface area (TPSA) is 66.4 Å². The van der Waals surface area contributed by atoms with Crippen molar-refractivity contribution in [1.82, 2.24) is 5.32 Å². The molecule has 0 aromatic carbocycles. The highest BCUT2D eigenvalue weighted by Crippen LogP contribution is 2.00. The van der Waals surface area contributed by atoms with Crippen molar-refractivity contribution in [3.63, 3.8) is 0 Å². The first kappa shape index (κ1) is 14.9. The van der Waals surface area contributed by atoms with Gasteiger partial charge in [-0.2, -0.15) is 0 Å². The fourth-order valence-corrected chi connectivity index (χ4v) is 1.43. The van der Waals surface area contributed by atoms with Gasteiger partial charge in [0.1, 0.15) is 0 Å². The van der Waals surface area contributed by atoms with Crippen LogP contribution in [0.15, 0.2) is 0 Å². The Morgan fingerprint density at radius 3 is 2.31 bits per heavy atom. The van der Waals surface area contributed by atoms with E-state index in [4.69, 9.17) is 5.11 Å². The monoisotopic (exact) mass is 229 g/mol. The summed E-state index contributed by atoms with van der Waals surface area (Å²) in [6.07, 6.45) is 6.46. The van der Waals surface area contributed by atoms with Crippen LogP contribution in [0, 0.1) is 0 Å². The normalized spacial score (nSPS) is 10.1. The molecule has 94 valence electrons. The number of unbranched alkanes of at least 4 members (excludes halogenated alkanes) is 4. The number of hydrogen-bond donors (Lipinski definition) is 2. The van der Waals surface area contributed by atoms with Crippen molar-refractivity contribution < 1.29 is 14.7 Å². The van der Waals surface area contributed by atoms with Crippen molar-refractivity contribution in [2.45, 2.75) is 58.3 Å². The molecule has 0 spiro atoms. The standard InChI is InChI=1S/C12H23NO3/c1-2-3-4-7-10-13-11(14)8-5-6-9-12(15)16/h2-10H2,1H3,(H,13,14)(H,15,16). The van der Waals surface area contributed by atoms with Crippen LogP contribution in [0.3, 0.4) is 0 Å². The smallest absolute Gasteiger partial charge is 0.303 e. The minimum Gasteiger partial charge on any atom is -0.481 e. The molecular weight excluding hydrogens is 206 g/mol. The molecule has 1 amide bonds. The Morgan fingerprint density at radius 2 is 1.69 bits per heavy atom. The van der Waals surface area contributed by atoms with Crippen LogP contribution in [0.1, 0.15) is 58.3 Å². The molecule has 0 saturated carbocycles. The lowest BCUT2D eigenvalue weighted by Gasteiger charge is -2.04. The first-order valence-electron chi connectivity index (χ1n) is 6.15. The van der Waals surface area contributed by atoms with Gasteiger partial charge in [0.15, 0.2) is 0 Å². The van der Waals surface area contributed by atoms with Crippen LogP contribution >= 0.6 is 0 Å². The number of carbonyl (C=O) groups is 2. The van der Waals surface area contributed by atoms with E-state index in [0.29, 0.717) is 19.3 Å². The van der Waals surface area contributed by atoms with Gasteiger partial charge >= 0.3 is 5.97 Å². The van der Waals surface area contributed by atoms with Crippen molar-refractivity contribution in [1.29, 1.82) is 0 Å². The molecule has 0 aliphatic rings. The summed E-state index contributed by atoms with van der Waals surface area (Å²) >= 11 is 0. The van der Waals surface area contributed by atoms with Crippen LogP contribution in [0.4, 0.5) is 0 Å². The highest BCUT2D eigenvalue weighted by Gasteiger charge is 2.01. The summed E-state index contributed by atoms with van der Waals surface area (Å²) in [6.45, 7) is 2.90. The molecule has 0 atom stereocenters.